The summed E-state index contributed by atoms with van der Waals surface area (Å²) in [4.78, 5) is 33.3. The highest BCUT2D eigenvalue weighted by Crippen LogP contribution is 2.30. The molecular formula is C23H17N5O4. The van der Waals surface area contributed by atoms with E-state index in [9.17, 15) is 14.9 Å². The SMILES string of the molecule is COc1ccc(NC(=O)Cn2c3ccccc3c3nc4ccccc4nc32)c([N+](=O)[O-])c1. The Bertz CT molecular complexity index is 1530. The molecule has 0 atom stereocenters. The van der Waals surface area contributed by atoms with Crippen LogP contribution in [0.5, 0.6) is 5.75 Å². The number of aromatic nitrogens is 3. The summed E-state index contributed by atoms with van der Waals surface area (Å²) in [5.41, 5.74) is 3.41. The molecule has 0 saturated carbocycles. The van der Waals surface area contributed by atoms with Crippen LogP contribution >= 0.6 is 0 Å². The van der Waals surface area contributed by atoms with Crippen LogP contribution < -0.4 is 10.1 Å². The highest BCUT2D eigenvalue weighted by Gasteiger charge is 2.20. The number of methoxy groups -OCH3 is 1. The van der Waals surface area contributed by atoms with Gasteiger partial charge in [0, 0.05) is 5.39 Å². The normalized spacial score (nSPS) is 11.2. The Hall–Kier alpha value is -4.53. The Balaban J connectivity index is 1.57. The third-order valence-electron chi connectivity index (χ3n) is 5.24. The summed E-state index contributed by atoms with van der Waals surface area (Å²) in [5.74, 6) is -0.0878. The van der Waals surface area contributed by atoms with Crippen LogP contribution in [0.25, 0.3) is 33.1 Å². The number of nitrogens with one attached hydrogen (secondary N) is 1. The van der Waals surface area contributed by atoms with Crippen molar-refractivity contribution in [3.05, 3.63) is 76.8 Å². The number of ether oxygens (including phenoxy) is 1. The minimum absolute atomic E-state index is 0.0831. The molecule has 0 bridgehead atoms. The number of nitro benzene ring substituents is 1. The first-order valence-corrected chi connectivity index (χ1v) is 9.81. The van der Waals surface area contributed by atoms with Gasteiger partial charge in [-0.05, 0) is 30.3 Å². The fraction of sp³-hybridized carbons (Fsp3) is 0.0870. The van der Waals surface area contributed by atoms with Gasteiger partial charge in [-0.15, -0.1) is 0 Å². The van der Waals surface area contributed by atoms with E-state index in [-0.39, 0.29) is 17.9 Å². The van der Waals surface area contributed by atoms with Crippen molar-refractivity contribution in [2.24, 2.45) is 0 Å². The van der Waals surface area contributed by atoms with E-state index in [1.165, 1.54) is 19.2 Å². The molecule has 5 aromatic rings. The van der Waals surface area contributed by atoms with Gasteiger partial charge in [0.05, 0.1) is 34.6 Å². The molecule has 2 aromatic heterocycles. The summed E-state index contributed by atoms with van der Waals surface area (Å²) >= 11 is 0. The molecule has 9 heteroatoms. The van der Waals surface area contributed by atoms with E-state index in [0.717, 1.165) is 21.9 Å². The van der Waals surface area contributed by atoms with Crippen LogP contribution in [-0.2, 0) is 11.3 Å². The average Bonchev–Trinajstić information content (AvgIpc) is 3.10. The van der Waals surface area contributed by atoms with E-state index in [1.54, 1.807) is 10.6 Å². The molecule has 9 nitrogen and oxygen atoms in total. The van der Waals surface area contributed by atoms with Gasteiger partial charge in [-0.25, -0.2) is 9.97 Å². The van der Waals surface area contributed by atoms with Crippen LogP contribution in [0.2, 0.25) is 0 Å². The number of rotatable bonds is 5. The summed E-state index contributed by atoms with van der Waals surface area (Å²) in [7, 11) is 1.42. The largest absolute Gasteiger partial charge is 0.496 e. The molecular weight excluding hydrogens is 410 g/mol. The number of para-hydroxylation sites is 3. The molecule has 0 aliphatic carbocycles. The van der Waals surface area contributed by atoms with E-state index in [0.29, 0.717) is 16.9 Å². The van der Waals surface area contributed by atoms with Crippen LogP contribution in [-0.4, -0.2) is 32.5 Å². The lowest BCUT2D eigenvalue weighted by molar-refractivity contribution is -0.384. The summed E-state index contributed by atoms with van der Waals surface area (Å²) in [6.45, 7) is -0.0831. The fourth-order valence-electron chi connectivity index (χ4n) is 3.77. The van der Waals surface area contributed by atoms with Gasteiger partial charge < -0.3 is 14.6 Å². The number of benzene rings is 3. The first kappa shape index (κ1) is 19.4. The second kappa shape index (κ2) is 7.62. The fourth-order valence-corrected chi connectivity index (χ4v) is 3.77. The molecule has 1 amide bonds. The van der Waals surface area contributed by atoms with Crippen molar-refractivity contribution in [2.75, 3.05) is 12.4 Å². The lowest BCUT2D eigenvalue weighted by Crippen LogP contribution is -2.19. The van der Waals surface area contributed by atoms with Crippen LogP contribution in [0.4, 0.5) is 11.4 Å². The predicted molar refractivity (Wildman–Crippen MR) is 121 cm³/mol. The van der Waals surface area contributed by atoms with Gasteiger partial charge >= 0.3 is 0 Å². The third kappa shape index (κ3) is 3.25. The number of hydrogen-bond acceptors (Lipinski definition) is 6. The zero-order valence-electron chi connectivity index (χ0n) is 17.0. The molecule has 0 unspecified atom stereocenters. The number of amides is 1. The Morgan fingerprint density at radius 1 is 1.06 bits per heavy atom. The predicted octanol–water partition coefficient (Wildman–Crippen LogP) is 4.29. The molecule has 0 aliphatic rings. The number of nitrogens with zero attached hydrogens (tertiary/aromatic N) is 4. The van der Waals surface area contributed by atoms with Gasteiger partial charge in [-0.2, -0.15) is 0 Å². The number of fused-ring (bicyclic) bond motifs is 4. The van der Waals surface area contributed by atoms with Crippen molar-refractivity contribution < 1.29 is 14.5 Å². The maximum atomic E-state index is 12.9. The average molecular weight is 427 g/mol. The molecule has 158 valence electrons. The summed E-state index contributed by atoms with van der Waals surface area (Å²) < 4.78 is 6.82. The third-order valence-corrected chi connectivity index (χ3v) is 5.24. The minimum atomic E-state index is -0.559. The van der Waals surface area contributed by atoms with Crippen molar-refractivity contribution in [3.63, 3.8) is 0 Å². The van der Waals surface area contributed by atoms with Gasteiger partial charge in [0.2, 0.25) is 5.91 Å². The molecule has 0 radical (unpaired) electrons. The molecule has 1 N–H and O–H groups in total. The van der Waals surface area contributed by atoms with Gasteiger partial charge in [0.15, 0.2) is 5.65 Å². The van der Waals surface area contributed by atoms with Gasteiger partial charge in [0.1, 0.15) is 23.5 Å². The lowest BCUT2D eigenvalue weighted by atomic mass is 10.2. The molecule has 0 spiro atoms. The van der Waals surface area contributed by atoms with Gasteiger partial charge in [-0.1, -0.05) is 30.3 Å². The Labute approximate surface area is 181 Å². The standard InChI is InChI=1S/C23H17N5O4/c1-32-14-10-11-18(20(12-14)28(30)31)24-21(29)13-27-19-9-5-2-6-15(19)22-23(27)26-17-8-4-3-7-16(17)25-22/h2-12H,13H2,1H3,(H,24,29). The van der Waals surface area contributed by atoms with Crippen LogP contribution in [0.1, 0.15) is 0 Å². The minimum Gasteiger partial charge on any atom is -0.496 e. The molecule has 0 saturated heterocycles. The van der Waals surface area contributed by atoms with Crippen molar-refractivity contribution >= 4 is 50.4 Å². The van der Waals surface area contributed by atoms with Gasteiger partial charge in [0.25, 0.3) is 5.69 Å². The van der Waals surface area contributed by atoms with E-state index in [1.807, 2.05) is 48.5 Å². The summed E-state index contributed by atoms with van der Waals surface area (Å²) in [6.07, 6.45) is 0. The Morgan fingerprint density at radius 3 is 2.53 bits per heavy atom. The highest BCUT2D eigenvalue weighted by atomic mass is 16.6. The van der Waals surface area contributed by atoms with Crippen molar-refractivity contribution in [2.45, 2.75) is 6.54 Å². The van der Waals surface area contributed by atoms with E-state index in [4.69, 9.17) is 14.7 Å². The molecule has 32 heavy (non-hydrogen) atoms. The highest BCUT2D eigenvalue weighted by molar-refractivity contribution is 6.07. The maximum Gasteiger partial charge on any atom is 0.296 e. The number of nitro groups is 1. The lowest BCUT2D eigenvalue weighted by Gasteiger charge is -2.10. The zero-order chi connectivity index (χ0) is 22.2. The molecule has 2 heterocycles. The Kier molecular flexibility index (Phi) is 4.63. The zero-order valence-corrected chi connectivity index (χ0v) is 17.0. The number of carbonyl (C=O) groups is 1. The number of hydrogen-bond donors (Lipinski definition) is 1. The molecule has 0 aliphatic heterocycles. The first-order valence-electron chi connectivity index (χ1n) is 9.81. The van der Waals surface area contributed by atoms with Crippen molar-refractivity contribution in [1.82, 2.24) is 14.5 Å². The Morgan fingerprint density at radius 2 is 1.78 bits per heavy atom. The first-order chi connectivity index (χ1) is 15.5. The monoisotopic (exact) mass is 427 g/mol. The van der Waals surface area contributed by atoms with Crippen LogP contribution in [0.15, 0.2) is 66.7 Å². The van der Waals surface area contributed by atoms with Crippen LogP contribution in [0, 0.1) is 10.1 Å². The van der Waals surface area contributed by atoms with E-state index >= 15 is 0 Å². The topological polar surface area (TPSA) is 112 Å². The smallest absolute Gasteiger partial charge is 0.296 e. The van der Waals surface area contributed by atoms with E-state index in [2.05, 4.69) is 5.32 Å². The molecule has 0 fully saturated rings. The number of carbonyl (C=O) groups excluding carboxylic acids is 1. The summed E-state index contributed by atoms with van der Waals surface area (Å²) in [6, 6.07) is 19.4. The van der Waals surface area contributed by atoms with Crippen LogP contribution in [0.3, 0.4) is 0 Å². The van der Waals surface area contributed by atoms with Crippen molar-refractivity contribution in [1.29, 1.82) is 0 Å². The second-order valence-electron chi connectivity index (χ2n) is 7.18. The van der Waals surface area contributed by atoms with Gasteiger partial charge in [-0.3, -0.25) is 14.9 Å². The molecule has 3 aromatic carbocycles. The molecule has 5 rings (SSSR count). The number of anilines is 1. The quantitative estimate of drug-likeness (QED) is 0.331. The maximum absolute atomic E-state index is 12.9. The van der Waals surface area contributed by atoms with Crippen molar-refractivity contribution in [3.8, 4) is 5.75 Å². The summed E-state index contributed by atoms with van der Waals surface area (Å²) in [5, 5.41) is 15.0. The van der Waals surface area contributed by atoms with E-state index < -0.39 is 10.8 Å². The second-order valence-corrected chi connectivity index (χ2v) is 7.18.